The van der Waals surface area contributed by atoms with Gasteiger partial charge in [-0.2, -0.15) is 0 Å². The standard InChI is InChI=1S/C7H6BrNO3/c8-4-1-2-6(10)5(3-4)9-7(11)12/h1-3,9-10H,(H,11,12). The fraction of sp³-hybridized carbons (Fsp3) is 0. The normalized spacial score (nSPS) is 9.42. The van der Waals surface area contributed by atoms with Crippen LogP contribution in [0.3, 0.4) is 0 Å². The summed E-state index contributed by atoms with van der Waals surface area (Å²) >= 11 is 3.14. The predicted molar refractivity (Wildman–Crippen MR) is 47.5 cm³/mol. The SMILES string of the molecule is O=C(O)Nc1cc(Br)ccc1O. The molecule has 3 N–H and O–H groups in total. The third kappa shape index (κ3) is 2.13. The Kier molecular flexibility index (Phi) is 2.54. The maximum absolute atomic E-state index is 10.2. The van der Waals surface area contributed by atoms with Crippen LogP contribution in [-0.2, 0) is 0 Å². The Balaban J connectivity index is 2.97. The fourth-order valence-electron chi connectivity index (χ4n) is 0.724. The topological polar surface area (TPSA) is 69.6 Å². The predicted octanol–water partition coefficient (Wildman–Crippen LogP) is 2.24. The molecule has 5 heteroatoms. The third-order valence-electron chi connectivity index (χ3n) is 1.20. The van der Waals surface area contributed by atoms with Crippen molar-refractivity contribution in [2.24, 2.45) is 0 Å². The zero-order valence-corrected chi connectivity index (χ0v) is 7.50. The van der Waals surface area contributed by atoms with Crippen LogP contribution in [0.1, 0.15) is 0 Å². The molecule has 1 aromatic rings. The number of hydrogen-bond acceptors (Lipinski definition) is 2. The summed E-state index contributed by atoms with van der Waals surface area (Å²) in [7, 11) is 0. The van der Waals surface area contributed by atoms with Gasteiger partial charge in [0.25, 0.3) is 0 Å². The lowest BCUT2D eigenvalue weighted by Gasteiger charge is -2.03. The van der Waals surface area contributed by atoms with Crippen LogP contribution < -0.4 is 5.32 Å². The van der Waals surface area contributed by atoms with Crippen molar-refractivity contribution in [2.75, 3.05) is 5.32 Å². The summed E-state index contributed by atoms with van der Waals surface area (Å²) in [6.07, 6.45) is -1.21. The molecular weight excluding hydrogens is 226 g/mol. The molecule has 0 unspecified atom stereocenters. The molecule has 1 amide bonds. The molecule has 0 heterocycles. The van der Waals surface area contributed by atoms with Crippen LogP contribution in [0.15, 0.2) is 22.7 Å². The third-order valence-corrected chi connectivity index (χ3v) is 1.69. The van der Waals surface area contributed by atoms with E-state index in [9.17, 15) is 4.79 Å². The minimum atomic E-state index is -1.21. The van der Waals surface area contributed by atoms with Crippen molar-refractivity contribution in [3.63, 3.8) is 0 Å². The number of carboxylic acid groups (broad SMARTS) is 1. The lowest BCUT2D eigenvalue weighted by Crippen LogP contribution is -2.07. The van der Waals surface area contributed by atoms with E-state index in [1.54, 1.807) is 6.07 Å². The van der Waals surface area contributed by atoms with E-state index in [4.69, 9.17) is 10.2 Å². The van der Waals surface area contributed by atoms with E-state index in [2.05, 4.69) is 21.2 Å². The summed E-state index contributed by atoms with van der Waals surface area (Å²) in [5, 5.41) is 19.5. The molecule has 0 atom stereocenters. The Morgan fingerprint density at radius 2 is 2.17 bits per heavy atom. The maximum Gasteiger partial charge on any atom is 0.409 e. The van der Waals surface area contributed by atoms with Crippen LogP contribution in [-0.4, -0.2) is 16.3 Å². The van der Waals surface area contributed by atoms with Crippen LogP contribution in [0.5, 0.6) is 5.75 Å². The first-order valence-corrected chi connectivity index (χ1v) is 3.87. The molecule has 0 aliphatic heterocycles. The number of hydrogen-bond donors (Lipinski definition) is 3. The van der Waals surface area contributed by atoms with Crippen molar-refractivity contribution in [2.45, 2.75) is 0 Å². The summed E-state index contributed by atoms with van der Waals surface area (Å²) in [6, 6.07) is 4.49. The highest BCUT2D eigenvalue weighted by atomic mass is 79.9. The zero-order chi connectivity index (χ0) is 9.14. The van der Waals surface area contributed by atoms with Gasteiger partial charge in [-0.3, -0.25) is 5.32 Å². The first-order chi connectivity index (χ1) is 5.59. The van der Waals surface area contributed by atoms with E-state index in [1.807, 2.05) is 0 Å². The van der Waals surface area contributed by atoms with Crippen LogP contribution in [0.2, 0.25) is 0 Å². The Morgan fingerprint density at radius 3 is 2.75 bits per heavy atom. The number of benzene rings is 1. The maximum atomic E-state index is 10.2. The minimum Gasteiger partial charge on any atom is -0.506 e. The Bertz CT molecular complexity index is 314. The molecule has 0 bridgehead atoms. The van der Waals surface area contributed by atoms with Crippen molar-refractivity contribution in [1.82, 2.24) is 0 Å². The highest BCUT2D eigenvalue weighted by Crippen LogP contribution is 2.26. The molecule has 0 saturated carbocycles. The largest absolute Gasteiger partial charge is 0.506 e. The van der Waals surface area contributed by atoms with Gasteiger partial charge in [-0.1, -0.05) is 15.9 Å². The van der Waals surface area contributed by atoms with Crippen LogP contribution in [0.4, 0.5) is 10.5 Å². The zero-order valence-electron chi connectivity index (χ0n) is 5.91. The Labute approximate surface area is 77.0 Å². The second-order valence-corrected chi connectivity index (χ2v) is 3.01. The molecule has 12 heavy (non-hydrogen) atoms. The van der Waals surface area contributed by atoms with E-state index in [0.29, 0.717) is 4.47 Å². The smallest absolute Gasteiger partial charge is 0.409 e. The summed E-state index contributed by atoms with van der Waals surface area (Å²) in [5.74, 6) is -0.0967. The Hall–Kier alpha value is -1.23. The summed E-state index contributed by atoms with van der Waals surface area (Å²) in [5.41, 5.74) is 0.164. The van der Waals surface area contributed by atoms with Crippen molar-refractivity contribution < 1.29 is 15.0 Å². The molecule has 64 valence electrons. The quantitative estimate of drug-likeness (QED) is 0.650. The molecule has 0 aliphatic carbocycles. The van der Waals surface area contributed by atoms with Crippen LogP contribution >= 0.6 is 15.9 Å². The molecule has 0 saturated heterocycles. The Morgan fingerprint density at radius 1 is 1.50 bits per heavy atom. The van der Waals surface area contributed by atoms with Crippen molar-refractivity contribution in [3.05, 3.63) is 22.7 Å². The van der Waals surface area contributed by atoms with Gasteiger partial charge in [0.1, 0.15) is 5.75 Å². The van der Waals surface area contributed by atoms with Crippen molar-refractivity contribution >= 4 is 27.7 Å². The molecule has 0 radical (unpaired) electrons. The minimum absolute atomic E-state index is 0.0967. The first-order valence-electron chi connectivity index (χ1n) is 3.08. The molecule has 1 rings (SSSR count). The average Bonchev–Trinajstić information content (AvgIpc) is 1.96. The van der Waals surface area contributed by atoms with Crippen molar-refractivity contribution in [1.29, 1.82) is 0 Å². The van der Waals surface area contributed by atoms with Gasteiger partial charge in [-0.25, -0.2) is 4.79 Å². The van der Waals surface area contributed by atoms with E-state index < -0.39 is 6.09 Å². The first kappa shape index (κ1) is 8.86. The van der Waals surface area contributed by atoms with Gasteiger partial charge in [-0.05, 0) is 18.2 Å². The molecule has 1 aromatic carbocycles. The number of anilines is 1. The summed E-state index contributed by atoms with van der Waals surface area (Å²) in [6.45, 7) is 0. The molecule has 0 aliphatic rings. The fourth-order valence-corrected chi connectivity index (χ4v) is 1.08. The molecule has 0 fully saturated rings. The molecule has 0 spiro atoms. The number of carbonyl (C=O) groups is 1. The number of halogens is 1. The van der Waals surface area contributed by atoms with Gasteiger partial charge in [0.2, 0.25) is 0 Å². The number of amides is 1. The summed E-state index contributed by atoms with van der Waals surface area (Å²) < 4.78 is 0.698. The van der Waals surface area contributed by atoms with Gasteiger partial charge in [0, 0.05) is 4.47 Å². The number of phenolic OH excluding ortho intramolecular Hbond substituents is 1. The summed E-state index contributed by atoms with van der Waals surface area (Å²) in [4.78, 5) is 10.2. The lowest BCUT2D eigenvalue weighted by atomic mass is 10.3. The molecule has 4 nitrogen and oxygen atoms in total. The van der Waals surface area contributed by atoms with E-state index in [0.717, 1.165) is 0 Å². The second kappa shape index (κ2) is 3.44. The van der Waals surface area contributed by atoms with E-state index in [1.165, 1.54) is 12.1 Å². The number of aromatic hydroxyl groups is 1. The van der Waals surface area contributed by atoms with Crippen molar-refractivity contribution in [3.8, 4) is 5.75 Å². The van der Waals surface area contributed by atoms with Crippen LogP contribution in [0.25, 0.3) is 0 Å². The van der Waals surface area contributed by atoms with Gasteiger partial charge in [-0.15, -0.1) is 0 Å². The number of nitrogens with one attached hydrogen (secondary N) is 1. The molecule has 0 aromatic heterocycles. The highest BCUT2D eigenvalue weighted by Gasteiger charge is 2.03. The van der Waals surface area contributed by atoms with Gasteiger partial charge < -0.3 is 10.2 Å². The molecular formula is C7H6BrNO3. The van der Waals surface area contributed by atoms with E-state index in [-0.39, 0.29) is 11.4 Å². The van der Waals surface area contributed by atoms with Gasteiger partial charge in [0.15, 0.2) is 0 Å². The number of phenols is 1. The number of rotatable bonds is 1. The van der Waals surface area contributed by atoms with Gasteiger partial charge >= 0.3 is 6.09 Å². The van der Waals surface area contributed by atoms with Gasteiger partial charge in [0.05, 0.1) is 5.69 Å². The highest BCUT2D eigenvalue weighted by molar-refractivity contribution is 9.10. The van der Waals surface area contributed by atoms with Crippen LogP contribution in [0, 0.1) is 0 Å². The lowest BCUT2D eigenvalue weighted by molar-refractivity contribution is 0.209. The monoisotopic (exact) mass is 231 g/mol. The average molecular weight is 232 g/mol. The van der Waals surface area contributed by atoms with E-state index >= 15 is 0 Å². The second-order valence-electron chi connectivity index (χ2n) is 2.09.